The molecule has 1 aromatic carbocycles. The Morgan fingerprint density at radius 1 is 1.05 bits per heavy atom. The van der Waals surface area contributed by atoms with Crippen LogP contribution < -0.4 is 10.4 Å². The summed E-state index contributed by atoms with van der Waals surface area (Å²) in [4.78, 5) is 1.01. The molecule has 0 saturated heterocycles. The van der Waals surface area contributed by atoms with Crippen LogP contribution in [0, 0.1) is 6.92 Å². The van der Waals surface area contributed by atoms with Crippen LogP contribution in [0.2, 0.25) is 0 Å². The molecule has 22 heavy (non-hydrogen) atoms. The minimum atomic E-state index is 0.946. The fraction of sp³-hybridized carbons (Fsp3) is 0.143. The highest BCUT2D eigenvalue weighted by Gasteiger charge is 1.95. The summed E-state index contributed by atoms with van der Waals surface area (Å²) in [5.41, 5.74) is 4.35. The molecule has 0 nitrogen and oxygen atoms in total. The molecule has 1 rings (SSSR count). The van der Waals surface area contributed by atoms with Gasteiger partial charge in [0.2, 0.25) is 0 Å². The summed E-state index contributed by atoms with van der Waals surface area (Å²) < 4.78 is 0. The Balaban J connectivity index is 3.72. The lowest BCUT2D eigenvalue weighted by molar-refractivity contribution is 1.39. The van der Waals surface area contributed by atoms with E-state index in [-0.39, 0.29) is 0 Å². The lowest BCUT2D eigenvalue weighted by atomic mass is 10.0. The Morgan fingerprint density at radius 2 is 1.73 bits per heavy atom. The van der Waals surface area contributed by atoms with Crippen molar-refractivity contribution < 1.29 is 0 Å². The van der Waals surface area contributed by atoms with Gasteiger partial charge in [-0.25, -0.2) is 0 Å². The minimum absolute atomic E-state index is 0.946. The second-order valence-corrected chi connectivity index (χ2v) is 5.92. The molecule has 0 N–H and O–H groups in total. The molecule has 0 saturated carbocycles. The summed E-state index contributed by atoms with van der Waals surface area (Å²) in [6.45, 7) is 18.2. The summed E-state index contributed by atoms with van der Waals surface area (Å²) in [6.07, 6.45) is 5.98. The summed E-state index contributed by atoms with van der Waals surface area (Å²) >= 11 is 4.37. The van der Waals surface area contributed by atoms with E-state index in [4.69, 9.17) is 0 Å². The summed E-state index contributed by atoms with van der Waals surface area (Å²) in [5, 5.41) is 1.93. The van der Waals surface area contributed by atoms with Gasteiger partial charge in [0.25, 0.3) is 0 Å². The van der Waals surface area contributed by atoms with Crippen molar-refractivity contribution in [2.24, 2.45) is 0 Å². The van der Waals surface area contributed by atoms with Gasteiger partial charge in [-0.15, -0.1) is 12.6 Å². The standard InChI is InChI=1S/C21H24S/c1-7-20-13-11-15(2)9-8-10-21(18(5)17(20)4)14-12-16(3)19(6)22/h7-14,22H,1-2,5H2,3-4,6H3/b9-8?,13-11?,14-12-,19-16-,20-17?,21-10?. The number of hydrogen-bond acceptors (Lipinski definition) is 1. The molecule has 1 heteroatoms. The monoisotopic (exact) mass is 308 g/mol. The third kappa shape index (κ3) is 5.09. The van der Waals surface area contributed by atoms with Crippen LogP contribution in [0.5, 0.6) is 0 Å². The van der Waals surface area contributed by atoms with Gasteiger partial charge in [0.1, 0.15) is 0 Å². The smallest absolute Gasteiger partial charge is 0.0186 e. The minimum Gasteiger partial charge on any atom is -0.148 e. The predicted octanol–water partition coefficient (Wildman–Crippen LogP) is 4.82. The van der Waals surface area contributed by atoms with Crippen LogP contribution in [0.25, 0.3) is 25.3 Å². The highest BCUT2D eigenvalue weighted by molar-refractivity contribution is 7.84. The van der Waals surface area contributed by atoms with Crippen molar-refractivity contribution in [3.63, 3.8) is 0 Å². The van der Waals surface area contributed by atoms with Crippen molar-refractivity contribution >= 4 is 37.9 Å². The largest absolute Gasteiger partial charge is 0.148 e. The molecule has 0 aliphatic heterocycles. The maximum atomic E-state index is 4.37. The fourth-order valence-electron chi connectivity index (χ4n) is 1.86. The van der Waals surface area contributed by atoms with Gasteiger partial charge in [0.05, 0.1) is 0 Å². The first-order valence-electron chi connectivity index (χ1n) is 7.19. The second-order valence-electron chi connectivity index (χ2n) is 5.25. The van der Waals surface area contributed by atoms with E-state index in [9.17, 15) is 0 Å². The van der Waals surface area contributed by atoms with E-state index in [2.05, 4.69) is 57.5 Å². The third-order valence-electron chi connectivity index (χ3n) is 3.60. The van der Waals surface area contributed by atoms with Crippen molar-refractivity contribution in [2.45, 2.75) is 20.8 Å². The van der Waals surface area contributed by atoms with Crippen molar-refractivity contribution in [1.29, 1.82) is 0 Å². The van der Waals surface area contributed by atoms with Crippen LogP contribution in [0.15, 0.2) is 53.5 Å². The molecule has 0 heterocycles. The Labute approximate surface area is 139 Å². The highest BCUT2D eigenvalue weighted by atomic mass is 32.1. The molecule has 0 atom stereocenters. The summed E-state index contributed by atoms with van der Waals surface area (Å²) in [5.74, 6) is 0. The van der Waals surface area contributed by atoms with Crippen molar-refractivity contribution in [1.82, 2.24) is 0 Å². The van der Waals surface area contributed by atoms with E-state index in [1.165, 1.54) is 0 Å². The number of allylic oxidation sites excluding steroid dienone is 3. The van der Waals surface area contributed by atoms with Crippen LogP contribution in [0.4, 0.5) is 0 Å². The average Bonchev–Trinajstić information content (AvgIpc) is 2.49. The van der Waals surface area contributed by atoms with Crippen LogP contribution in [-0.4, -0.2) is 0 Å². The molecule has 1 aromatic rings. The molecule has 0 spiro atoms. The molecule has 0 aromatic heterocycles. The molecule has 0 bridgehead atoms. The summed E-state index contributed by atoms with van der Waals surface area (Å²) in [6, 6.07) is 10.0. The maximum absolute atomic E-state index is 4.37. The number of thiol groups is 1. The zero-order valence-corrected chi connectivity index (χ0v) is 14.6. The Morgan fingerprint density at radius 3 is 2.32 bits per heavy atom. The number of hydrogen-bond donors (Lipinski definition) is 1. The van der Waals surface area contributed by atoms with E-state index in [1.807, 2.05) is 44.2 Å². The Kier molecular flexibility index (Phi) is 6.94. The SMILES string of the molecule is C=Cc1ccc(=C)cccc(/C=C\C(C)=C(\C)S)c(=C)c1C. The highest BCUT2D eigenvalue weighted by Crippen LogP contribution is 2.10. The lowest BCUT2D eigenvalue weighted by Gasteiger charge is -2.01. The Bertz CT molecular complexity index is 774. The quantitative estimate of drug-likeness (QED) is 0.600. The van der Waals surface area contributed by atoms with Gasteiger partial charge in [-0.05, 0) is 58.4 Å². The Hall–Kier alpha value is -1.99. The van der Waals surface area contributed by atoms with E-state index in [0.717, 1.165) is 37.6 Å². The van der Waals surface area contributed by atoms with Crippen LogP contribution >= 0.6 is 12.6 Å². The van der Waals surface area contributed by atoms with Gasteiger partial charge in [0, 0.05) is 0 Å². The third-order valence-corrected chi connectivity index (χ3v) is 3.95. The van der Waals surface area contributed by atoms with Gasteiger partial charge in [-0.3, -0.25) is 0 Å². The zero-order chi connectivity index (χ0) is 16.7. The molecule has 0 radical (unpaired) electrons. The van der Waals surface area contributed by atoms with Gasteiger partial charge >= 0.3 is 0 Å². The van der Waals surface area contributed by atoms with Gasteiger partial charge in [-0.1, -0.05) is 68.3 Å². The van der Waals surface area contributed by atoms with Gasteiger partial charge < -0.3 is 0 Å². The fourth-order valence-corrected chi connectivity index (χ4v) is 1.93. The van der Waals surface area contributed by atoms with Crippen LogP contribution in [0.3, 0.4) is 0 Å². The molecule has 0 aliphatic rings. The molecule has 114 valence electrons. The zero-order valence-electron chi connectivity index (χ0n) is 13.7. The van der Waals surface area contributed by atoms with Gasteiger partial charge in [-0.2, -0.15) is 0 Å². The first kappa shape index (κ1) is 18.1. The van der Waals surface area contributed by atoms with Gasteiger partial charge in [0.15, 0.2) is 0 Å². The molecule has 0 fully saturated rings. The van der Waals surface area contributed by atoms with E-state index < -0.39 is 0 Å². The molecule has 0 aliphatic carbocycles. The molecule has 0 amide bonds. The molecular formula is C21H24S. The van der Waals surface area contributed by atoms with Crippen molar-refractivity contribution in [2.75, 3.05) is 0 Å². The maximum Gasteiger partial charge on any atom is -0.0186 e. The first-order valence-corrected chi connectivity index (χ1v) is 7.64. The average molecular weight is 308 g/mol. The first-order chi connectivity index (χ1) is 10.4. The number of rotatable bonds is 3. The normalized spacial score (nSPS) is 11.8. The molecule has 0 unspecified atom stereocenters. The topological polar surface area (TPSA) is 0 Å². The van der Waals surface area contributed by atoms with Crippen molar-refractivity contribution in [3.8, 4) is 0 Å². The van der Waals surface area contributed by atoms with E-state index in [1.54, 1.807) is 0 Å². The van der Waals surface area contributed by atoms with Crippen LogP contribution in [-0.2, 0) is 0 Å². The second kappa shape index (κ2) is 8.45. The van der Waals surface area contributed by atoms with Crippen LogP contribution in [0.1, 0.15) is 30.5 Å². The summed E-state index contributed by atoms with van der Waals surface area (Å²) in [7, 11) is 0. The lowest BCUT2D eigenvalue weighted by Crippen LogP contribution is -2.07. The van der Waals surface area contributed by atoms with Crippen molar-refractivity contribution in [3.05, 3.63) is 80.6 Å². The van der Waals surface area contributed by atoms with E-state index >= 15 is 0 Å². The molecular weight excluding hydrogens is 284 g/mol. The predicted molar refractivity (Wildman–Crippen MR) is 106 cm³/mol. The van der Waals surface area contributed by atoms with E-state index in [0.29, 0.717) is 0 Å².